The molecule has 4 rings (SSSR count). The molecular formula is C20H29N5S. The number of fused-ring (bicyclic) bond motifs is 2. The summed E-state index contributed by atoms with van der Waals surface area (Å²) in [5.74, 6) is 0. The first kappa shape index (κ1) is 21.6. The van der Waals surface area contributed by atoms with Crippen molar-refractivity contribution in [1.82, 2.24) is 20.0 Å². The highest BCUT2D eigenvalue weighted by Crippen LogP contribution is 2.25. The van der Waals surface area contributed by atoms with Crippen molar-refractivity contribution in [1.29, 1.82) is 0 Å². The molecule has 6 heteroatoms. The van der Waals surface area contributed by atoms with Gasteiger partial charge in [-0.05, 0) is 37.1 Å². The molecule has 0 aliphatic carbocycles. The SMILES string of the molecule is CC.CC.Cc1cccc2c1nnn2C.Cc1cccc2sc(N)nc12. The Labute approximate surface area is 159 Å². The number of hydrogen-bond acceptors (Lipinski definition) is 5. The number of hydrogen-bond donors (Lipinski definition) is 1. The van der Waals surface area contributed by atoms with Crippen LogP contribution in [0.3, 0.4) is 0 Å². The van der Waals surface area contributed by atoms with Gasteiger partial charge < -0.3 is 5.73 Å². The lowest BCUT2D eigenvalue weighted by atomic mass is 10.2. The van der Waals surface area contributed by atoms with Gasteiger partial charge in [-0.15, -0.1) is 5.10 Å². The number of para-hydroxylation sites is 1. The molecule has 0 bridgehead atoms. The van der Waals surface area contributed by atoms with E-state index in [4.69, 9.17) is 5.73 Å². The summed E-state index contributed by atoms with van der Waals surface area (Å²) < 4.78 is 2.95. The zero-order valence-electron chi connectivity index (χ0n) is 16.7. The largest absolute Gasteiger partial charge is 0.375 e. The van der Waals surface area contributed by atoms with Crippen LogP contribution in [0, 0.1) is 13.8 Å². The molecule has 0 aliphatic heterocycles. The summed E-state index contributed by atoms with van der Waals surface area (Å²) in [5, 5.41) is 8.60. The molecule has 0 amide bonds. The van der Waals surface area contributed by atoms with Crippen molar-refractivity contribution in [3.05, 3.63) is 47.5 Å². The van der Waals surface area contributed by atoms with Crippen LogP contribution in [-0.2, 0) is 7.05 Å². The number of nitrogens with two attached hydrogens (primary N) is 1. The van der Waals surface area contributed by atoms with Gasteiger partial charge in [0, 0.05) is 7.05 Å². The van der Waals surface area contributed by atoms with E-state index in [2.05, 4.69) is 15.3 Å². The third kappa shape index (κ3) is 5.02. The second-order valence-electron chi connectivity index (χ2n) is 5.13. The second kappa shape index (κ2) is 10.5. The van der Waals surface area contributed by atoms with Crippen molar-refractivity contribution in [2.75, 3.05) is 5.73 Å². The molecule has 2 aromatic carbocycles. The summed E-state index contributed by atoms with van der Waals surface area (Å²) in [6.07, 6.45) is 0. The molecule has 4 aromatic rings. The first-order chi connectivity index (χ1) is 12.6. The minimum Gasteiger partial charge on any atom is -0.375 e. The summed E-state index contributed by atoms with van der Waals surface area (Å²) in [4.78, 5) is 4.21. The third-order valence-electron chi connectivity index (χ3n) is 3.48. The molecule has 0 atom stereocenters. The van der Waals surface area contributed by atoms with Gasteiger partial charge in [0.15, 0.2) is 5.13 Å². The normalized spacial score (nSPS) is 9.50. The number of nitrogen functional groups attached to an aromatic ring is 1. The van der Waals surface area contributed by atoms with Crippen molar-refractivity contribution in [2.45, 2.75) is 41.5 Å². The smallest absolute Gasteiger partial charge is 0.181 e. The molecule has 2 heterocycles. The maximum absolute atomic E-state index is 5.57. The molecule has 26 heavy (non-hydrogen) atoms. The zero-order chi connectivity index (χ0) is 19.7. The van der Waals surface area contributed by atoms with E-state index in [9.17, 15) is 0 Å². The Balaban J connectivity index is 0.000000219. The molecule has 140 valence electrons. The fourth-order valence-corrected chi connectivity index (χ4v) is 3.11. The van der Waals surface area contributed by atoms with Crippen LogP contribution >= 0.6 is 11.3 Å². The van der Waals surface area contributed by atoms with Gasteiger partial charge in [0.1, 0.15) is 5.52 Å². The van der Waals surface area contributed by atoms with Gasteiger partial charge in [-0.1, -0.05) is 68.5 Å². The van der Waals surface area contributed by atoms with Crippen molar-refractivity contribution in [3.63, 3.8) is 0 Å². The van der Waals surface area contributed by atoms with Crippen molar-refractivity contribution < 1.29 is 0 Å². The van der Waals surface area contributed by atoms with E-state index in [1.54, 1.807) is 4.68 Å². The maximum atomic E-state index is 5.57. The highest BCUT2D eigenvalue weighted by molar-refractivity contribution is 7.22. The van der Waals surface area contributed by atoms with E-state index >= 15 is 0 Å². The van der Waals surface area contributed by atoms with Gasteiger partial charge in [-0.3, -0.25) is 0 Å². The topological polar surface area (TPSA) is 69.6 Å². The van der Waals surface area contributed by atoms with Crippen LogP contribution in [0.5, 0.6) is 0 Å². The van der Waals surface area contributed by atoms with Crippen LogP contribution in [0.2, 0.25) is 0 Å². The summed E-state index contributed by atoms with van der Waals surface area (Å²) in [6, 6.07) is 12.2. The number of aryl methyl sites for hydroxylation is 3. The average molecular weight is 372 g/mol. The van der Waals surface area contributed by atoms with Gasteiger partial charge in [-0.2, -0.15) is 0 Å². The molecule has 0 spiro atoms. The van der Waals surface area contributed by atoms with E-state index in [0.717, 1.165) is 16.6 Å². The van der Waals surface area contributed by atoms with Gasteiger partial charge in [0.25, 0.3) is 0 Å². The van der Waals surface area contributed by atoms with E-state index in [1.807, 2.05) is 85.0 Å². The maximum Gasteiger partial charge on any atom is 0.181 e. The third-order valence-corrected chi connectivity index (χ3v) is 4.33. The number of rotatable bonds is 0. The highest BCUT2D eigenvalue weighted by Gasteiger charge is 2.02. The summed E-state index contributed by atoms with van der Waals surface area (Å²) in [7, 11) is 1.90. The van der Waals surface area contributed by atoms with E-state index in [1.165, 1.54) is 27.2 Å². The first-order valence-electron chi connectivity index (χ1n) is 8.93. The fraction of sp³-hybridized carbons (Fsp3) is 0.350. The lowest BCUT2D eigenvalue weighted by Gasteiger charge is -1.92. The number of nitrogens with zero attached hydrogens (tertiary/aromatic N) is 4. The first-order valence-corrected chi connectivity index (χ1v) is 9.74. The molecule has 2 aromatic heterocycles. The predicted molar refractivity (Wildman–Crippen MR) is 115 cm³/mol. The minimum absolute atomic E-state index is 0.648. The zero-order valence-corrected chi connectivity index (χ0v) is 17.6. The Morgan fingerprint density at radius 3 is 2.04 bits per heavy atom. The van der Waals surface area contributed by atoms with E-state index < -0.39 is 0 Å². The molecule has 0 saturated heterocycles. The molecule has 0 unspecified atom stereocenters. The highest BCUT2D eigenvalue weighted by atomic mass is 32.1. The van der Waals surface area contributed by atoms with Crippen molar-refractivity contribution in [2.24, 2.45) is 7.05 Å². The average Bonchev–Trinajstić information content (AvgIpc) is 3.24. The molecular weight excluding hydrogens is 342 g/mol. The summed E-state index contributed by atoms with van der Waals surface area (Å²) in [6.45, 7) is 12.1. The lowest BCUT2D eigenvalue weighted by molar-refractivity contribution is 0.736. The molecule has 5 nitrogen and oxygen atoms in total. The van der Waals surface area contributed by atoms with Crippen LogP contribution in [0.1, 0.15) is 38.8 Å². The molecule has 0 radical (unpaired) electrons. The number of anilines is 1. The Morgan fingerprint density at radius 2 is 1.46 bits per heavy atom. The number of aromatic nitrogens is 4. The predicted octanol–water partition coefficient (Wildman–Crippen LogP) is 5.52. The number of benzene rings is 2. The van der Waals surface area contributed by atoms with E-state index in [0.29, 0.717) is 5.13 Å². The Bertz CT molecular complexity index is 928. The van der Waals surface area contributed by atoms with Crippen molar-refractivity contribution >= 4 is 37.7 Å². The fourth-order valence-electron chi connectivity index (χ4n) is 2.30. The summed E-state index contributed by atoms with van der Waals surface area (Å²) >= 11 is 1.53. The summed E-state index contributed by atoms with van der Waals surface area (Å²) in [5.41, 5.74) is 11.1. The Hall–Kier alpha value is -2.47. The molecule has 2 N–H and O–H groups in total. The number of thiazole rings is 1. The van der Waals surface area contributed by atoms with Crippen molar-refractivity contribution in [3.8, 4) is 0 Å². The van der Waals surface area contributed by atoms with Crippen LogP contribution in [0.15, 0.2) is 36.4 Å². The standard InChI is InChI=1S/C8H9N3.C8H8N2S.2C2H6/c1-6-4-3-5-7-8(6)9-10-11(7)2;1-5-3-2-4-6-7(5)10-8(9)11-6;2*1-2/h3-5H,1-2H3;2-4H,1H3,(H2,9,10);2*1-2H3. The molecule has 0 fully saturated rings. The molecule has 0 saturated carbocycles. The van der Waals surface area contributed by atoms with Crippen LogP contribution in [-0.4, -0.2) is 20.0 Å². The van der Waals surface area contributed by atoms with Crippen LogP contribution in [0.25, 0.3) is 21.3 Å². The van der Waals surface area contributed by atoms with Gasteiger partial charge in [0.05, 0.1) is 15.7 Å². The minimum atomic E-state index is 0.648. The van der Waals surface area contributed by atoms with E-state index in [-0.39, 0.29) is 0 Å². The van der Waals surface area contributed by atoms with Gasteiger partial charge in [-0.25, -0.2) is 9.67 Å². The van der Waals surface area contributed by atoms with Crippen LogP contribution in [0.4, 0.5) is 5.13 Å². The van der Waals surface area contributed by atoms with Gasteiger partial charge >= 0.3 is 0 Å². The van der Waals surface area contributed by atoms with Gasteiger partial charge in [0.2, 0.25) is 0 Å². The van der Waals surface area contributed by atoms with Crippen LogP contribution < -0.4 is 5.73 Å². The Morgan fingerprint density at radius 1 is 0.885 bits per heavy atom. The second-order valence-corrected chi connectivity index (χ2v) is 6.19. The monoisotopic (exact) mass is 371 g/mol. The quantitative estimate of drug-likeness (QED) is 0.442. The lowest BCUT2D eigenvalue weighted by Crippen LogP contribution is -1.88. The Kier molecular flexibility index (Phi) is 8.72. The molecule has 0 aliphatic rings.